The average molecular weight is 837 g/mol. The first-order chi connectivity index (χ1) is 29.8. The van der Waals surface area contributed by atoms with Crippen molar-refractivity contribution < 1.29 is 27.8 Å². The van der Waals surface area contributed by atoms with Crippen LogP contribution in [-0.4, -0.2) is 34.7 Å². The van der Waals surface area contributed by atoms with Crippen LogP contribution >= 0.6 is 0 Å². The van der Waals surface area contributed by atoms with E-state index in [1.165, 1.54) is 94.5 Å². The van der Waals surface area contributed by atoms with Crippen molar-refractivity contribution in [1.29, 1.82) is 0 Å². The minimum Gasteiger partial charge on any atom is -0.454 e. The summed E-state index contributed by atoms with van der Waals surface area (Å²) in [5, 5.41) is 0. The third-order valence-electron chi connectivity index (χ3n) is 11.5. The lowest BCUT2D eigenvalue weighted by Crippen LogP contribution is -2.22. The Morgan fingerprint density at radius 1 is 0.532 bits per heavy atom. The minimum absolute atomic E-state index is 0.0622. The van der Waals surface area contributed by atoms with Gasteiger partial charge in [0.25, 0.3) is 0 Å². The molecule has 10 heteroatoms. The van der Waals surface area contributed by atoms with Gasteiger partial charge in [-0.15, -0.1) is 0 Å². The van der Waals surface area contributed by atoms with E-state index in [-0.39, 0.29) is 22.6 Å². The average Bonchev–Trinajstić information content (AvgIpc) is 3.90. The molecule has 8 rings (SSSR count). The topological polar surface area (TPSA) is 111 Å². The molecule has 8 nitrogen and oxygen atoms in total. The normalized spacial score (nSPS) is 16.4. The number of primary amides is 2. The van der Waals surface area contributed by atoms with E-state index in [1.54, 1.807) is 0 Å². The van der Waals surface area contributed by atoms with Gasteiger partial charge in [0.05, 0.1) is 0 Å². The number of rotatable bonds is 12. The molecule has 6 aromatic carbocycles. The number of hydrogen-bond acceptors (Lipinski definition) is 6. The fraction of sp³-hybridized carbons (Fsp3) is 0.269. The molecule has 2 saturated heterocycles. The van der Waals surface area contributed by atoms with E-state index < -0.39 is 23.4 Å². The zero-order chi connectivity index (χ0) is 43.9. The molecule has 0 bridgehead atoms. The van der Waals surface area contributed by atoms with Gasteiger partial charge in [-0.1, -0.05) is 82.9 Å². The second-order valence-corrected chi connectivity index (χ2v) is 16.6. The Hall–Kier alpha value is -6.36. The summed E-state index contributed by atoms with van der Waals surface area (Å²) in [6, 6.07) is 37.9. The molecule has 0 saturated carbocycles. The Balaban J connectivity index is 0.000000186. The van der Waals surface area contributed by atoms with E-state index in [0.717, 1.165) is 38.3 Å². The molecule has 6 aromatic rings. The van der Waals surface area contributed by atoms with E-state index in [2.05, 4.69) is 73.9 Å². The van der Waals surface area contributed by atoms with Crippen LogP contribution in [0.25, 0.3) is 0 Å². The third-order valence-corrected chi connectivity index (χ3v) is 11.5. The molecule has 0 aliphatic carbocycles. The molecule has 4 N–H and O–H groups in total. The number of aryl methyl sites for hydroxylation is 4. The van der Waals surface area contributed by atoms with Crippen molar-refractivity contribution >= 4 is 11.8 Å². The van der Waals surface area contributed by atoms with Crippen molar-refractivity contribution in [2.75, 3.05) is 13.1 Å². The molecule has 0 unspecified atom stereocenters. The SMILES string of the molecule is Cc1cc(C)cc([C@@H]2CCCN2Cc2ccc(Oc3ccc(C(N)=O)cc3F)cc2)c1.Cc1cc(C)cc([C@H]2CCCN2Cc2ccc(Oc3ccc(C(N)=O)cc3F)cc2)c1. The number of amides is 2. The molecule has 2 aliphatic heterocycles. The van der Waals surface area contributed by atoms with Crippen LogP contribution in [0.2, 0.25) is 0 Å². The monoisotopic (exact) mass is 836 g/mol. The number of halogens is 2. The summed E-state index contributed by atoms with van der Waals surface area (Å²) in [6.07, 6.45) is 4.73. The third kappa shape index (κ3) is 11.1. The Labute approximate surface area is 363 Å². The molecular weight excluding hydrogens is 783 g/mol. The number of likely N-dealkylation sites (tertiary alicyclic amines) is 2. The lowest BCUT2D eigenvalue weighted by atomic mass is 9.99. The van der Waals surface area contributed by atoms with Crippen LogP contribution in [0.4, 0.5) is 8.78 Å². The highest BCUT2D eigenvalue weighted by molar-refractivity contribution is 5.93. The molecule has 2 heterocycles. The standard InChI is InChI=1S/2C26H27FN2O2/c2*1-17-12-18(2)14-21(13-17)24-4-3-11-29(24)16-19-5-8-22(9-6-19)31-25-10-7-20(26(28)30)15-23(25)27/h2*5-10,12-15,24H,3-4,11,16H2,1-2H3,(H2,28,30)/t2*24-/m10/s1. The highest BCUT2D eigenvalue weighted by atomic mass is 19.1. The maximum absolute atomic E-state index is 14.2. The van der Waals surface area contributed by atoms with E-state index in [0.29, 0.717) is 23.6 Å². The van der Waals surface area contributed by atoms with Crippen molar-refractivity contribution in [2.45, 2.75) is 78.6 Å². The largest absolute Gasteiger partial charge is 0.454 e. The number of benzene rings is 6. The Bertz CT molecular complexity index is 2330. The summed E-state index contributed by atoms with van der Waals surface area (Å²) in [5.74, 6) is -1.36. The highest BCUT2D eigenvalue weighted by Crippen LogP contribution is 2.36. The van der Waals surface area contributed by atoms with Crippen LogP contribution in [-0.2, 0) is 13.1 Å². The second-order valence-electron chi connectivity index (χ2n) is 16.6. The number of nitrogens with two attached hydrogens (primary N) is 2. The Morgan fingerprint density at radius 2 is 0.887 bits per heavy atom. The van der Waals surface area contributed by atoms with Crippen molar-refractivity contribution in [2.24, 2.45) is 11.5 Å². The second kappa shape index (κ2) is 19.6. The van der Waals surface area contributed by atoms with Crippen molar-refractivity contribution in [1.82, 2.24) is 9.80 Å². The zero-order valence-corrected chi connectivity index (χ0v) is 35.8. The van der Waals surface area contributed by atoms with Gasteiger partial charge < -0.3 is 20.9 Å². The van der Waals surface area contributed by atoms with E-state index in [4.69, 9.17) is 20.9 Å². The van der Waals surface area contributed by atoms with Crippen LogP contribution in [0, 0.1) is 39.3 Å². The fourth-order valence-electron chi connectivity index (χ4n) is 8.71. The summed E-state index contributed by atoms with van der Waals surface area (Å²) in [7, 11) is 0. The predicted molar refractivity (Wildman–Crippen MR) is 239 cm³/mol. The first-order valence-corrected chi connectivity index (χ1v) is 21.1. The van der Waals surface area contributed by atoms with Gasteiger partial charge in [-0.2, -0.15) is 0 Å². The molecular formula is C52H54F2N4O4. The van der Waals surface area contributed by atoms with Crippen LogP contribution in [0.5, 0.6) is 23.0 Å². The number of nitrogens with zero attached hydrogens (tertiary/aromatic N) is 2. The molecule has 0 radical (unpaired) electrons. The van der Waals surface area contributed by atoms with Crippen LogP contribution in [0.3, 0.4) is 0 Å². The number of ether oxygens (including phenoxy) is 2. The van der Waals surface area contributed by atoms with Gasteiger partial charge in [0.1, 0.15) is 11.5 Å². The van der Waals surface area contributed by atoms with E-state index >= 15 is 0 Å². The van der Waals surface area contributed by atoms with Gasteiger partial charge >= 0.3 is 0 Å². The summed E-state index contributed by atoms with van der Waals surface area (Å²) in [4.78, 5) is 27.4. The summed E-state index contributed by atoms with van der Waals surface area (Å²) < 4.78 is 39.6. The van der Waals surface area contributed by atoms with E-state index in [1.807, 2.05) is 48.5 Å². The highest BCUT2D eigenvalue weighted by Gasteiger charge is 2.27. The maximum atomic E-state index is 14.2. The smallest absolute Gasteiger partial charge is 0.248 e. The summed E-state index contributed by atoms with van der Waals surface area (Å²) in [6.45, 7) is 12.5. The van der Waals surface area contributed by atoms with Gasteiger partial charge in [-0.05, 0) is 149 Å². The summed E-state index contributed by atoms with van der Waals surface area (Å²) >= 11 is 0. The summed E-state index contributed by atoms with van der Waals surface area (Å²) in [5.41, 5.74) is 21.0. The van der Waals surface area contributed by atoms with Gasteiger partial charge in [0, 0.05) is 36.3 Å². The zero-order valence-electron chi connectivity index (χ0n) is 35.8. The van der Waals surface area contributed by atoms with Crippen LogP contribution < -0.4 is 20.9 Å². The Kier molecular flexibility index (Phi) is 13.8. The van der Waals surface area contributed by atoms with Crippen molar-refractivity contribution in [3.8, 4) is 23.0 Å². The van der Waals surface area contributed by atoms with Crippen LogP contribution in [0.1, 0.15) is 103 Å². The fourth-order valence-corrected chi connectivity index (χ4v) is 8.71. The van der Waals surface area contributed by atoms with Crippen molar-refractivity contribution in [3.05, 3.63) is 189 Å². The molecule has 0 aromatic heterocycles. The first-order valence-electron chi connectivity index (χ1n) is 21.1. The lowest BCUT2D eigenvalue weighted by Gasteiger charge is -2.25. The molecule has 2 atom stereocenters. The number of hydrogen-bond donors (Lipinski definition) is 2. The first kappa shape index (κ1) is 43.7. The van der Waals surface area contributed by atoms with Crippen molar-refractivity contribution in [3.63, 3.8) is 0 Å². The molecule has 320 valence electrons. The van der Waals surface area contributed by atoms with Crippen LogP contribution in [0.15, 0.2) is 121 Å². The van der Waals surface area contributed by atoms with E-state index in [9.17, 15) is 18.4 Å². The Morgan fingerprint density at radius 3 is 1.21 bits per heavy atom. The van der Waals surface area contributed by atoms with Gasteiger partial charge in [0.15, 0.2) is 23.1 Å². The molecule has 0 spiro atoms. The van der Waals surface area contributed by atoms with Gasteiger partial charge in [-0.3, -0.25) is 19.4 Å². The number of carbonyl (C=O) groups is 2. The quantitative estimate of drug-likeness (QED) is 0.127. The molecule has 2 fully saturated rings. The van der Waals surface area contributed by atoms with Gasteiger partial charge in [-0.25, -0.2) is 8.78 Å². The number of carbonyl (C=O) groups excluding carboxylic acids is 2. The van der Waals surface area contributed by atoms with Gasteiger partial charge in [0.2, 0.25) is 11.8 Å². The minimum atomic E-state index is -0.671. The lowest BCUT2D eigenvalue weighted by molar-refractivity contribution is 0.0991. The molecule has 62 heavy (non-hydrogen) atoms. The maximum Gasteiger partial charge on any atom is 0.248 e. The predicted octanol–water partition coefficient (Wildman–Crippen LogP) is 11.3. The molecule has 2 aliphatic rings. The molecule has 2 amide bonds.